The van der Waals surface area contributed by atoms with Gasteiger partial charge in [0.2, 0.25) is 11.8 Å². The second kappa shape index (κ2) is 8.10. The summed E-state index contributed by atoms with van der Waals surface area (Å²) in [6.45, 7) is 2.28. The van der Waals surface area contributed by atoms with Crippen molar-refractivity contribution in [3.8, 4) is 0 Å². The molecular weight excluding hydrogens is 372 g/mol. The van der Waals surface area contributed by atoms with Crippen LogP contribution in [0.25, 0.3) is 0 Å². The molecule has 0 aliphatic heterocycles. The zero-order chi connectivity index (χ0) is 17.7. The van der Waals surface area contributed by atoms with Crippen molar-refractivity contribution in [2.45, 2.75) is 19.5 Å². The average Bonchev–Trinajstić information content (AvgIpc) is 3.09. The van der Waals surface area contributed by atoms with E-state index in [4.69, 9.17) is 0 Å². The molecule has 0 saturated heterocycles. The lowest BCUT2D eigenvalue weighted by molar-refractivity contribution is -0.140. The van der Waals surface area contributed by atoms with Crippen molar-refractivity contribution >= 4 is 27.7 Å². The summed E-state index contributed by atoms with van der Waals surface area (Å²) in [6.07, 6.45) is 3.36. The van der Waals surface area contributed by atoms with Crippen molar-refractivity contribution in [1.29, 1.82) is 0 Å². The van der Waals surface area contributed by atoms with Gasteiger partial charge in [-0.1, -0.05) is 34.1 Å². The number of benzene rings is 1. The maximum atomic E-state index is 12.4. The quantitative estimate of drug-likeness (QED) is 0.757. The molecular formula is C17H21BrN4O2. The molecule has 128 valence electrons. The zero-order valence-electron chi connectivity index (χ0n) is 14.0. The molecule has 2 amide bonds. The second-order valence-electron chi connectivity index (χ2n) is 5.70. The van der Waals surface area contributed by atoms with Gasteiger partial charge in [0.25, 0.3) is 0 Å². The number of amides is 2. The van der Waals surface area contributed by atoms with Crippen LogP contribution in [0, 0.1) is 0 Å². The molecule has 1 aromatic carbocycles. The lowest BCUT2D eigenvalue weighted by Gasteiger charge is -2.24. The Labute approximate surface area is 150 Å². The molecule has 0 bridgehead atoms. The van der Waals surface area contributed by atoms with E-state index in [0.717, 1.165) is 10.0 Å². The first-order chi connectivity index (χ1) is 11.4. The monoisotopic (exact) mass is 392 g/mol. The highest BCUT2D eigenvalue weighted by atomic mass is 79.9. The number of aromatic nitrogens is 2. The molecule has 7 heteroatoms. The van der Waals surface area contributed by atoms with Crippen molar-refractivity contribution in [3.05, 3.63) is 52.8 Å². The minimum atomic E-state index is -0.439. The van der Waals surface area contributed by atoms with E-state index in [-0.39, 0.29) is 18.4 Å². The maximum Gasteiger partial charge on any atom is 0.247 e. The van der Waals surface area contributed by atoms with Crippen LogP contribution >= 0.6 is 15.9 Å². The van der Waals surface area contributed by atoms with Crippen molar-refractivity contribution in [2.75, 3.05) is 20.6 Å². The van der Waals surface area contributed by atoms with Crippen molar-refractivity contribution in [2.24, 2.45) is 0 Å². The topological polar surface area (TPSA) is 58.4 Å². The van der Waals surface area contributed by atoms with E-state index in [2.05, 4.69) is 21.0 Å². The first-order valence-corrected chi connectivity index (χ1v) is 8.41. The largest absolute Gasteiger partial charge is 0.340 e. The van der Waals surface area contributed by atoms with Gasteiger partial charge in [0, 0.05) is 37.5 Å². The summed E-state index contributed by atoms with van der Waals surface area (Å²) in [4.78, 5) is 27.8. The van der Waals surface area contributed by atoms with Crippen LogP contribution < -0.4 is 0 Å². The predicted molar refractivity (Wildman–Crippen MR) is 95.2 cm³/mol. The van der Waals surface area contributed by atoms with E-state index in [1.807, 2.05) is 24.3 Å². The van der Waals surface area contributed by atoms with Crippen LogP contribution in [0.2, 0.25) is 0 Å². The van der Waals surface area contributed by atoms with Gasteiger partial charge < -0.3 is 9.80 Å². The van der Waals surface area contributed by atoms with Gasteiger partial charge in [-0.05, 0) is 24.6 Å². The fourth-order valence-corrected chi connectivity index (χ4v) is 2.72. The number of halogens is 1. The molecule has 0 spiro atoms. The number of carbonyl (C=O) groups excluding carboxylic acids is 2. The third-order valence-corrected chi connectivity index (χ3v) is 4.59. The molecule has 6 nitrogen and oxygen atoms in total. The molecule has 1 atom stereocenters. The van der Waals surface area contributed by atoms with Crippen LogP contribution in [0.4, 0.5) is 0 Å². The van der Waals surface area contributed by atoms with E-state index >= 15 is 0 Å². The van der Waals surface area contributed by atoms with Gasteiger partial charge in [-0.3, -0.25) is 14.3 Å². The van der Waals surface area contributed by atoms with Crippen LogP contribution in [-0.4, -0.2) is 52.0 Å². The maximum absolute atomic E-state index is 12.4. The molecule has 0 aliphatic carbocycles. The standard InChI is InChI=1S/C17H21BrN4O2/c1-13(22-10-6-9-19-22)17(24)21(3)12-16(23)20(2)11-14-7-4-5-8-15(14)18/h4-10,13H,11-12H2,1-3H3. The number of hydrogen-bond acceptors (Lipinski definition) is 3. The summed E-state index contributed by atoms with van der Waals surface area (Å²) in [7, 11) is 3.36. The number of nitrogens with zero attached hydrogens (tertiary/aromatic N) is 4. The number of carbonyl (C=O) groups is 2. The SMILES string of the molecule is CC(C(=O)N(C)CC(=O)N(C)Cc1ccccc1Br)n1cccn1. The molecule has 0 radical (unpaired) electrons. The Morgan fingerprint density at radius 1 is 1.21 bits per heavy atom. The Morgan fingerprint density at radius 3 is 2.54 bits per heavy atom. The van der Waals surface area contributed by atoms with Crippen LogP contribution in [0.1, 0.15) is 18.5 Å². The van der Waals surface area contributed by atoms with Crippen LogP contribution in [0.15, 0.2) is 47.2 Å². The molecule has 2 rings (SSSR count). The predicted octanol–water partition coefficient (Wildman–Crippen LogP) is 2.32. The molecule has 1 aromatic heterocycles. The first-order valence-electron chi connectivity index (χ1n) is 7.61. The fourth-order valence-electron chi connectivity index (χ4n) is 2.31. The second-order valence-corrected chi connectivity index (χ2v) is 6.55. The number of likely N-dealkylation sites (N-methyl/N-ethyl adjacent to an activating group) is 2. The van der Waals surface area contributed by atoms with E-state index in [0.29, 0.717) is 6.54 Å². The Morgan fingerprint density at radius 2 is 1.92 bits per heavy atom. The van der Waals surface area contributed by atoms with Crippen molar-refractivity contribution < 1.29 is 9.59 Å². The zero-order valence-corrected chi connectivity index (χ0v) is 15.6. The molecule has 2 aromatic rings. The minimum Gasteiger partial charge on any atom is -0.340 e. The Kier molecular flexibility index (Phi) is 6.14. The highest BCUT2D eigenvalue weighted by Gasteiger charge is 2.22. The van der Waals surface area contributed by atoms with E-state index in [9.17, 15) is 9.59 Å². The third-order valence-electron chi connectivity index (χ3n) is 3.82. The molecule has 0 saturated carbocycles. The molecule has 0 N–H and O–H groups in total. The summed E-state index contributed by atoms with van der Waals surface area (Å²) >= 11 is 3.48. The van der Waals surface area contributed by atoms with Gasteiger partial charge in [0.05, 0.1) is 6.54 Å². The molecule has 0 aliphatic rings. The van der Waals surface area contributed by atoms with Gasteiger partial charge in [0.1, 0.15) is 6.04 Å². The van der Waals surface area contributed by atoms with Crippen molar-refractivity contribution in [3.63, 3.8) is 0 Å². The van der Waals surface area contributed by atoms with Crippen LogP contribution in [0.3, 0.4) is 0 Å². The Bertz CT molecular complexity index is 702. The van der Waals surface area contributed by atoms with Gasteiger partial charge in [-0.2, -0.15) is 5.10 Å². The molecule has 0 fully saturated rings. The molecule has 1 heterocycles. The normalized spacial score (nSPS) is 11.8. The van der Waals surface area contributed by atoms with Crippen LogP contribution in [-0.2, 0) is 16.1 Å². The summed E-state index contributed by atoms with van der Waals surface area (Å²) in [6, 6.07) is 9.09. The highest BCUT2D eigenvalue weighted by Crippen LogP contribution is 2.17. The molecule has 24 heavy (non-hydrogen) atoms. The summed E-state index contributed by atoms with van der Waals surface area (Å²) in [5.41, 5.74) is 1.02. The van der Waals surface area contributed by atoms with Gasteiger partial charge in [0.15, 0.2) is 0 Å². The van der Waals surface area contributed by atoms with Crippen LogP contribution in [0.5, 0.6) is 0 Å². The number of hydrogen-bond donors (Lipinski definition) is 0. The summed E-state index contributed by atoms with van der Waals surface area (Å²) < 4.78 is 2.54. The highest BCUT2D eigenvalue weighted by molar-refractivity contribution is 9.10. The fraction of sp³-hybridized carbons (Fsp3) is 0.353. The van der Waals surface area contributed by atoms with Gasteiger partial charge >= 0.3 is 0 Å². The third kappa shape index (κ3) is 4.44. The minimum absolute atomic E-state index is 0.0331. The van der Waals surface area contributed by atoms with Gasteiger partial charge in [-0.15, -0.1) is 0 Å². The lowest BCUT2D eigenvalue weighted by atomic mass is 10.2. The van der Waals surface area contributed by atoms with E-state index < -0.39 is 6.04 Å². The van der Waals surface area contributed by atoms with E-state index in [1.165, 1.54) is 4.90 Å². The first kappa shape index (κ1) is 18.2. The number of rotatable bonds is 6. The Hall–Kier alpha value is -2.15. The lowest BCUT2D eigenvalue weighted by Crippen LogP contribution is -2.41. The summed E-state index contributed by atoms with van der Waals surface area (Å²) in [5, 5.41) is 4.07. The smallest absolute Gasteiger partial charge is 0.247 e. The summed E-state index contributed by atoms with van der Waals surface area (Å²) in [5.74, 6) is -0.268. The van der Waals surface area contributed by atoms with E-state index in [1.54, 1.807) is 49.1 Å². The van der Waals surface area contributed by atoms with Crippen molar-refractivity contribution in [1.82, 2.24) is 19.6 Å². The van der Waals surface area contributed by atoms with Gasteiger partial charge in [-0.25, -0.2) is 0 Å². The average molecular weight is 393 g/mol. The Balaban J connectivity index is 1.93. The molecule has 1 unspecified atom stereocenters.